The summed E-state index contributed by atoms with van der Waals surface area (Å²) < 4.78 is 5.33. The summed E-state index contributed by atoms with van der Waals surface area (Å²) in [5.41, 5.74) is -0.300. The number of rotatable bonds is 3. The summed E-state index contributed by atoms with van der Waals surface area (Å²) in [5, 5.41) is 9.72. The molecule has 0 aromatic carbocycles. The van der Waals surface area contributed by atoms with Crippen molar-refractivity contribution in [1.29, 1.82) is 0 Å². The van der Waals surface area contributed by atoms with Crippen molar-refractivity contribution < 1.29 is 9.84 Å². The first kappa shape index (κ1) is 11.8. The first-order valence-electron chi connectivity index (χ1n) is 4.27. The molecule has 1 N–H and O–H groups in total. The van der Waals surface area contributed by atoms with Crippen LogP contribution < -0.4 is 0 Å². The first-order valence-corrected chi connectivity index (χ1v) is 4.68. The first-order chi connectivity index (χ1) is 5.37. The number of aliphatic hydroxyl groups excluding tert-OH is 1. The lowest BCUT2D eigenvalue weighted by Crippen LogP contribution is -2.30. The zero-order chi connectivity index (χ0) is 9.78. The predicted octanol–water partition coefficient (Wildman–Crippen LogP) is 2.29. The zero-order valence-electron chi connectivity index (χ0n) is 8.26. The molecule has 0 aromatic rings. The molecule has 2 nitrogen and oxygen atoms in total. The molecule has 0 rings (SSSR count). The van der Waals surface area contributed by atoms with E-state index in [4.69, 9.17) is 17.0 Å². The Hall–Kier alpha value is -0.150. The fraction of sp³-hybridized carbons (Fsp3) is 0.889. The van der Waals surface area contributed by atoms with Crippen LogP contribution in [0, 0.1) is 0 Å². The Bertz CT molecular complexity index is 149. The molecular formula is C9H18O2S. The van der Waals surface area contributed by atoms with Crippen molar-refractivity contribution in [3.8, 4) is 0 Å². The highest BCUT2D eigenvalue weighted by Gasteiger charge is 2.18. The molecule has 1 atom stereocenters. The maximum Gasteiger partial charge on any atom is 0.189 e. The maximum atomic E-state index is 9.41. The van der Waals surface area contributed by atoms with Gasteiger partial charge in [-0.3, -0.25) is 0 Å². The molecule has 12 heavy (non-hydrogen) atoms. The van der Waals surface area contributed by atoms with E-state index in [1.807, 2.05) is 27.7 Å². The Morgan fingerprint density at radius 3 is 2.33 bits per heavy atom. The van der Waals surface area contributed by atoms with E-state index in [0.717, 1.165) is 6.42 Å². The van der Waals surface area contributed by atoms with Gasteiger partial charge >= 0.3 is 0 Å². The molecule has 1 unspecified atom stereocenters. The van der Waals surface area contributed by atoms with Gasteiger partial charge in [-0.2, -0.15) is 0 Å². The van der Waals surface area contributed by atoms with Gasteiger partial charge in [0.2, 0.25) is 0 Å². The lowest BCUT2D eigenvalue weighted by Gasteiger charge is -2.23. The molecule has 0 aliphatic heterocycles. The van der Waals surface area contributed by atoms with Crippen molar-refractivity contribution >= 4 is 17.3 Å². The Morgan fingerprint density at radius 2 is 2.00 bits per heavy atom. The highest BCUT2D eigenvalue weighted by atomic mass is 32.1. The predicted molar refractivity (Wildman–Crippen MR) is 54.4 cm³/mol. The van der Waals surface area contributed by atoms with Crippen molar-refractivity contribution in [3.05, 3.63) is 0 Å². The summed E-state index contributed by atoms with van der Waals surface area (Å²) >= 11 is 4.92. The van der Waals surface area contributed by atoms with Gasteiger partial charge in [0.25, 0.3) is 0 Å². The Balaban J connectivity index is 3.87. The van der Waals surface area contributed by atoms with Gasteiger partial charge in [-0.1, -0.05) is 13.3 Å². The van der Waals surface area contributed by atoms with Gasteiger partial charge in [-0.25, -0.2) is 0 Å². The van der Waals surface area contributed by atoms with E-state index in [1.165, 1.54) is 0 Å². The number of hydrogen-bond acceptors (Lipinski definition) is 3. The molecule has 0 saturated heterocycles. The van der Waals surface area contributed by atoms with Crippen LogP contribution in [0.1, 0.15) is 40.5 Å². The van der Waals surface area contributed by atoms with Crippen LogP contribution >= 0.6 is 12.2 Å². The number of hydrogen-bond donors (Lipinski definition) is 1. The fourth-order valence-electron chi connectivity index (χ4n) is 0.761. The third-order valence-corrected chi connectivity index (χ3v) is 1.60. The van der Waals surface area contributed by atoms with Gasteiger partial charge in [0.15, 0.2) is 5.05 Å². The molecule has 0 heterocycles. The molecule has 0 radical (unpaired) electrons. The van der Waals surface area contributed by atoms with Gasteiger partial charge in [0.05, 0.1) is 0 Å². The van der Waals surface area contributed by atoms with Crippen molar-refractivity contribution in [2.75, 3.05) is 0 Å². The second-order valence-corrected chi connectivity index (χ2v) is 4.24. The van der Waals surface area contributed by atoms with Gasteiger partial charge in [0, 0.05) is 0 Å². The van der Waals surface area contributed by atoms with E-state index in [1.54, 1.807) is 0 Å². The van der Waals surface area contributed by atoms with Crippen LogP contribution in [0.5, 0.6) is 0 Å². The summed E-state index contributed by atoms with van der Waals surface area (Å²) in [6.07, 6.45) is 0.994. The highest BCUT2D eigenvalue weighted by Crippen LogP contribution is 2.11. The van der Waals surface area contributed by atoms with E-state index in [-0.39, 0.29) is 5.60 Å². The third kappa shape index (κ3) is 5.49. The van der Waals surface area contributed by atoms with Gasteiger partial charge in [-0.05, 0) is 39.4 Å². The van der Waals surface area contributed by atoms with Crippen LogP contribution in [-0.2, 0) is 4.74 Å². The lowest BCUT2D eigenvalue weighted by molar-refractivity contribution is 0.0892. The summed E-state index contributed by atoms with van der Waals surface area (Å²) in [6, 6.07) is 0. The molecule has 72 valence electrons. The van der Waals surface area contributed by atoms with Crippen LogP contribution in [0.4, 0.5) is 0 Å². The molecule has 0 aliphatic rings. The normalized spacial score (nSPS) is 14.1. The lowest BCUT2D eigenvalue weighted by atomic mass is 10.2. The monoisotopic (exact) mass is 190 g/mol. The van der Waals surface area contributed by atoms with E-state index in [0.29, 0.717) is 11.5 Å². The minimum absolute atomic E-state index is 0.300. The largest absolute Gasteiger partial charge is 0.479 e. The summed E-state index contributed by atoms with van der Waals surface area (Å²) in [7, 11) is 0. The average molecular weight is 190 g/mol. The van der Waals surface area contributed by atoms with Crippen molar-refractivity contribution in [2.45, 2.75) is 52.2 Å². The quantitative estimate of drug-likeness (QED) is 0.692. The summed E-state index contributed by atoms with van der Waals surface area (Å²) in [4.78, 5) is 0. The van der Waals surface area contributed by atoms with Crippen molar-refractivity contribution in [3.63, 3.8) is 0 Å². The molecular weight excluding hydrogens is 172 g/mol. The van der Waals surface area contributed by atoms with E-state index in [9.17, 15) is 5.11 Å². The van der Waals surface area contributed by atoms with E-state index >= 15 is 0 Å². The second-order valence-electron chi connectivity index (χ2n) is 3.84. The molecule has 0 amide bonds. The SMILES string of the molecule is CCCC(O)C(=S)OC(C)(C)C. The van der Waals surface area contributed by atoms with Gasteiger partial charge in [-0.15, -0.1) is 0 Å². The van der Waals surface area contributed by atoms with Crippen molar-refractivity contribution in [2.24, 2.45) is 0 Å². The highest BCUT2D eigenvalue weighted by molar-refractivity contribution is 7.80. The molecule has 0 spiro atoms. The minimum atomic E-state index is -0.593. The smallest absolute Gasteiger partial charge is 0.189 e. The Morgan fingerprint density at radius 1 is 1.50 bits per heavy atom. The summed E-state index contributed by atoms with van der Waals surface area (Å²) in [5.74, 6) is 0. The molecule has 3 heteroatoms. The summed E-state index contributed by atoms with van der Waals surface area (Å²) in [6.45, 7) is 7.75. The Kier molecular flexibility index (Phi) is 4.71. The van der Waals surface area contributed by atoms with Crippen LogP contribution in [0.25, 0.3) is 0 Å². The molecule has 0 aromatic heterocycles. The van der Waals surface area contributed by atoms with Crippen LogP contribution in [-0.4, -0.2) is 21.9 Å². The second kappa shape index (κ2) is 4.77. The van der Waals surface area contributed by atoms with Crippen LogP contribution in [0.3, 0.4) is 0 Å². The molecule has 0 bridgehead atoms. The zero-order valence-corrected chi connectivity index (χ0v) is 9.07. The number of ether oxygens (including phenoxy) is 1. The maximum absolute atomic E-state index is 9.41. The number of thiocarbonyl (C=S) groups is 1. The molecule has 0 saturated carbocycles. The van der Waals surface area contributed by atoms with Gasteiger partial charge in [0.1, 0.15) is 11.7 Å². The molecule has 0 aliphatic carbocycles. The molecule has 0 fully saturated rings. The fourth-order valence-corrected chi connectivity index (χ4v) is 1.13. The van der Waals surface area contributed by atoms with Gasteiger partial charge < -0.3 is 9.84 Å². The van der Waals surface area contributed by atoms with E-state index in [2.05, 4.69) is 0 Å². The van der Waals surface area contributed by atoms with Crippen LogP contribution in [0.15, 0.2) is 0 Å². The standard InChI is InChI=1S/C9H18O2S/c1-5-6-7(10)8(12)11-9(2,3)4/h7,10H,5-6H2,1-4H3. The number of aliphatic hydroxyl groups is 1. The Labute approximate surface area is 79.9 Å². The van der Waals surface area contributed by atoms with Crippen LogP contribution in [0.2, 0.25) is 0 Å². The minimum Gasteiger partial charge on any atom is -0.479 e. The van der Waals surface area contributed by atoms with E-state index < -0.39 is 6.10 Å². The third-order valence-electron chi connectivity index (χ3n) is 1.24. The average Bonchev–Trinajstić information content (AvgIpc) is 1.84. The van der Waals surface area contributed by atoms with Crippen molar-refractivity contribution in [1.82, 2.24) is 0 Å². The topological polar surface area (TPSA) is 29.5 Å².